The van der Waals surface area contributed by atoms with Crippen molar-refractivity contribution in [2.45, 2.75) is 57.9 Å². The van der Waals surface area contributed by atoms with Crippen molar-refractivity contribution in [1.29, 1.82) is 0 Å². The van der Waals surface area contributed by atoms with E-state index in [0.29, 0.717) is 6.10 Å². The van der Waals surface area contributed by atoms with E-state index in [2.05, 4.69) is 34.5 Å². The number of aromatic nitrogens is 2. The zero-order valence-electron chi connectivity index (χ0n) is 14.0. The number of fused-ring (bicyclic) bond motifs is 2. The van der Waals surface area contributed by atoms with Gasteiger partial charge in [-0.25, -0.2) is 4.79 Å². The van der Waals surface area contributed by atoms with E-state index in [0.717, 1.165) is 51.1 Å². The maximum Gasteiger partial charge on any atom is 0.319 e. The highest BCUT2D eigenvalue weighted by Gasteiger charge is 2.41. The second kappa shape index (κ2) is 7.31. The lowest BCUT2D eigenvalue weighted by molar-refractivity contribution is 0.0984. The number of hydrogen-bond donors (Lipinski definition) is 2. The monoisotopic (exact) mass is 321 g/mol. The Morgan fingerprint density at radius 2 is 2.26 bits per heavy atom. The van der Waals surface area contributed by atoms with Crippen molar-refractivity contribution in [1.82, 2.24) is 20.0 Å². The first-order valence-electron chi connectivity index (χ1n) is 8.65. The lowest BCUT2D eigenvalue weighted by Gasteiger charge is -2.19. The van der Waals surface area contributed by atoms with Crippen LogP contribution < -0.4 is 10.6 Å². The molecule has 2 fully saturated rings. The van der Waals surface area contributed by atoms with Crippen LogP contribution in [0.5, 0.6) is 0 Å². The zero-order chi connectivity index (χ0) is 16.2. The zero-order valence-corrected chi connectivity index (χ0v) is 14.0. The third-order valence-electron chi connectivity index (χ3n) is 4.85. The maximum absolute atomic E-state index is 12.1. The summed E-state index contributed by atoms with van der Waals surface area (Å²) in [6.45, 7) is 8.18. The Hall–Kier alpha value is -1.60. The predicted octanol–water partition coefficient (Wildman–Crippen LogP) is 1.67. The van der Waals surface area contributed by atoms with Crippen LogP contribution in [0.3, 0.4) is 0 Å². The number of anilines is 1. The van der Waals surface area contributed by atoms with Crippen LogP contribution in [0.4, 0.5) is 10.5 Å². The molecule has 2 aliphatic rings. The Labute approximate surface area is 137 Å². The van der Waals surface area contributed by atoms with E-state index in [-0.39, 0.29) is 18.2 Å². The summed E-state index contributed by atoms with van der Waals surface area (Å²) < 4.78 is 7.62. The Balaban J connectivity index is 1.44. The molecule has 128 valence electrons. The molecule has 3 heterocycles. The summed E-state index contributed by atoms with van der Waals surface area (Å²) in [5, 5.41) is 10.2. The normalized spacial score (nSPS) is 26.0. The number of hydrogen-bond acceptors (Lipinski definition) is 4. The quantitative estimate of drug-likeness (QED) is 0.801. The average molecular weight is 321 g/mol. The number of ether oxygens (including phenoxy) is 1. The van der Waals surface area contributed by atoms with E-state index in [9.17, 15) is 4.79 Å². The van der Waals surface area contributed by atoms with Crippen molar-refractivity contribution in [2.75, 3.05) is 25.0 Å². The SMILES string of the molecule is CCN(CC)CCn1cc(NC(=O)N[C@@H]2C[C@H]3CC[C@H]2O3)cn1. The van der Waals surface area contributed by atoms with Crippen molar-refractivity contribution >= 4 is 11.7 Å². The first kappa shape index (κ1) is 16.3. The van der Waals surface area contributed by atoms with Gasteiger partial charge in [0.25, 0.3) is 0 Å². The molecule has 2 amide bonds. The van der Waals surface area contributed by atoms with Gasteiger partial charge in [-0.2, -0.15) is 5.10 Å². The molecule has 2 saturated heterocycles. The van der Waals surface area contributed by atoms with Crippen LogP contribution in [0, 0.1) is 0 Å². The number of nitrogens with zero attached hydrogens (tertiary/aromatic N) is 3. The molecule has 0 spiro atoms. The minimum atomic E-state index is -0.172. The van der Waals surface area contributed by atoms with Crippen LogP contribution in [-0.2, 0) is 11.3 Å². The van der Waals surface area contributed by atoms with Crippen molar-refractivity contribution in [3.05, 3.63) is 12.4 Å². The Kier molecular flexibility index (Phi) is 5.17. The highest BCUT2D eigenvalue weighted by atomic mass is 16.5. The predicted molar refractivity (Wildman–Crippen MR) is 88.5 cm³/mol. The van der Waals surface area contributed by atoms with Crippen LogP contribution in [0.15, 0.2) is 12.4 Å². The van der Waals surface area contributed by atoms with Crippen LogP contribution in [0.25, 0.3) is 0 Å². The van der Waals surface area contributed by atoms with E-state index < -0.39 is 0 Å². The first-order valence-corrected chi connectivity index (χ1v) is 8.65. The average Bonchev–Trinajstić information content (AvgIpc) is 3.25. The molecule has 3 rings (SSSR count). The van der Waals surface area contributed by atoms with Crippen LogP contribution in [0.2, 0.25) is 0 Å². The van der Waals surface area contributed by atoms with Crippen LogP contribution >= 0.6 is 0 Å². The van der Waals surface area contributed by atoms with Gasteiger partial charge in [-0.3, -0.25) is 4.68 Å². The molecule has 0 radical (unpaired) electrons. The van der Waals surface area contributed by atoms with Gasteiger partial charge in [0.2, 0.25) is 0 Å². The Bertz CT molecular complexity index is 528. The number of rotatable bonds is 7. The number of nitrogens with one attached hydrogen (secondary N) is 2. The Morgan fingerprint density at radius 1 is 1.43 bits per heavy atom. The van der Waals surface area contributed by atoms with Gasteiger partial charge in [-0.05, 0) is 32.4 Å². The summed E-state index contributed by atoms with van der Waals surface area (Å²) in [6, 6.07) is -0.0269. The van der Waals surface area contributed by atoms with E-state index in [1.54, 1.807) is 6.20 Å². The molecule has 0 unspecified atom stereocenters. The molecular formula is C16H27N5O2. The molecule has 3 atom stereocenters. The van der Waals surface area contributed by atoms with Crippen LogP contribution in [0.1, 0.15) is 33.1 Å². The summed E-state index contributed by atoms with van der Waals surface area (Å²) >= 11 is 0. The number of carbonyl (C=O) groups excluding carboxylic acids is 1. The van der Waals surface area contributed by atoms with Crippen LogP contribution in [-0.4, -0.2) is 58.6 Å². The van der Waals surface area contributed by atoms with E-state index in [1.165, 1.54) is 0 Å². The topological polar surface area (TPSA) is 71.4 Å². The molecule has 2 N–H and O–H groups in total. The number of carbonyl (C=O) groups is 1. The summed E-state index contributed by atoms with van der Waals surface area (Å²) in [7, 11) is 0. The fourth-order valence-electron chi connectivity index (χ4n) is 3.46. The molecule has 0 aliphatic carbocycles. The molecule has 7 heteroatoms. The van der Waals surface area contributed by atoms with E-state index in [4.69, 9.17) is 4.74 Å². The van der Waals surface area contributed by atoms with E-state index >= 15 is 0 Å². The van der Waals surface area contributed by atoms with Gasteiger partial charge in [0, 0.05) is 12.7 Å². The lowest BCUT2D eigenvalue weighted by atomic mass is 9.96. The molecule has 1 aromatic rings. The fourth-order valence-corrected chi connectivity index (χ4v) is 3.46. The van der Waals surface area contributed by atoms with Crippen molar-refractivity contribution < 1.29 is 9.53 Å². The largest absolute Gasteiger partial charge is 0.373 e. The van der Waals surface area contributed by atoms with Gasteiger partial charge in [0.1, 0.15) is 0 Å². The maximum atomic E-state index is 12.1. The van der Waals surface area contributed by atoms with Gasteiger partial charge in [-0.1, -0.05) is 13.8 Å². The molecule has 23 heavy (non-hydrogen) atoms. The van der Waals surface area contributed by atoms with Gasteiger partial charge >= 0.3 is 6.03 Å². The standard InChI is InChI=1S/C16H27N5O2/c1-3-20(4-2)7-8-21-11-12(10-17-21)18-16(22)19-14-9-13-5-6-15(14)23-13/h10-11,13-15H,3-9H2,1-2H3,(H2,18,19,22)/t13-,14-,15-/m1/s1. The van der Waals surface area contributed by atoms with Gasteiger partial charge in [0.05, 0.1) is 36.7 Å². The van der Waals surface area contributed by atoms with Crippen molar-refractivity contribution in [2.24, 2.45) is 0 Å². The highest BCUT2D eigenvalue weighted by molar-refractivity contribution is 5.89. The van der Waals surface area contributed by atoms with Crippen molar-refractivity contribution in [3.8, 4) is 0 Å². The lowest BCUT2D eigenvalue weighted by Crippen LogP contribution is -2.43. The molecule has 0 saturated carbocycles. The number of urea groups is 1. The summed E-state index contributed by atoms with van der Waals surface area (Å²) in [5.74, 6) is 0. The van der Waals surface area contributed by atoms with Crippen molar-refractivity contribution in [3.63, 3.8) is 0 Å². The van der Waals surface area contributed by atoms with Gasteiger partial charge in [-0.15, -0.1) is 0 Å². The first-order chi connectivity index (χ1) is 11.2. The molecule has 2 aliphatic heterocycles. The van der Waals surface area contributed by atoms with Gasteiger partial charge < -0.3 is 20.3 Å². The molecule has 2 bridgehead atoms. The Morgan fingerprint density at radius 3 is 2.91 bits per heavy atom. The smallest absolute Gasteiger partial charge is 0.319 e. The summed E-state index contributed by atoms with van der Waals surface area (Å²) in [5.41, 5.74) is 0.728. The molecule has 7 nitrogen and oxygen atoms in total. The third-order valence-corrected chi connectivity index (χ3v) is 4.85. The number of amides is 2. The van der Waals surface area contributed by atoms with Gasteiger partial charge in [0.15, 0.2) is 0 Å². The minimum absolute atomic E-state index is 0.145. The number of likely N-dealkylation sites (N-methyl/N-ethyl adjacent to an activating group) is 1. The fraction of sp³-hybridized carbons (Fsp3) is 0.750. The summed E-state index contributed by atoms with van der Waals surface area (Å²) in [4.78, 5) is 14.4. The van der Waals surface area contributed by atoms with E-state index in [1.807, 2.05) is 10.9 Å². The second-order valence-corrected chi connectivity index (χ2v) is 6.33. The molecular weight excluding hydrogens is 294 g/mol. The molecule has 0 aromatic carbocycles. The summed E-state index contributed by atoms with van der Waals surface area (Å²) in [6.07, 6.45) is 7.22. The minimum Gasteiger partial charge on any atom is -0.373 e. The molecule has 1 aromatic heterocycles. The highest BCUT2D eigenvalue weighted by Crippen LogP contribution is 2.34. The third kappa shape index (κ3) is 4.03. The second-order valence-electron chi connectivity index (χ2n) is 6.33.